The van der Waals surface area contributed by atoms with Crippen LogP contribution in [0.1, 0.15) is 75.2 Å². The molecule has 6 nitrogen and oxygen atoms in total. The van der Waals surface area contributed by atoms with Crippen LogP contribution in [0, 0.1) is 11.8 Å². The van der Waals surface area contributed by atoms with E-state index in [2.05, 4.69) is 12.1 Å². The summed E-state index contributed by atoms with van der Waals surface area (Å²) in [4.78, 5) is 12.5. The number of ether oxygens (including phenoxy) is 1. The highest BCUT2D eigenvalue weighted by Gasteiger charge is 2.40. The zero-order chi connectivity index (χ0) is 23.6. The summed E-state index contributed by atoms with van der Waals surface area (Å²) in [6.45, 7) is 0.302. The van der Waals surface area contributed by atoms with Gasteiger partial charge in [0.05, 0.1) is 24.9 Å². The predicted octanol–water partition coefficient (Wildman–Crippen LogP) is 4.34. The molecule has 0 saturated heterocycles. The average Bonchev–Trinajstić information content (AvgIpc) is 3.35. The van der Waals surface area contributed by atoms with Gasteiger partial charge in [-0.1, -0.05) is 37.5 Å². The fourth-order valence-corrected chi connectivity index (χ4v) is 6.05. The first kappa shape index (κ1) is 26.1. The van der Waals surface area contributed by atoms with Crippen LogP contribution in [0.15, 0.2) is 30.3 Å². The maximum Gasteiger partial charge on any atom is 0.305 e. The molecule has 0 unspecified atom stereocenters. The number of benzene rings is 1. The van der Waals surface area contributed by atoms with Gasteiger partial charge in [-0.3, -0.25) is 4.79 Å². The predicted molar refractivity (Wildman–Crippen MR) is 130 cm³/mol. The van der Waals surface area contributed by atoms with Crippen LogP contribution >= 0.6 is 11.3 Å². The summed E-state index contributed by atoms with van der Waals surface area (Å²) in [5.74, 6) is -0.154. The quantitative estimate of drug-likeness (QED) is 0.238. The third kappa shape index (κ3) is 7.76. The van der Waals surface area contributed by atoms with Crippen molar-refractivity contribution >= 4 is 27.4 Å². The summed E-state index contributed by atoms with van der Waals surface area (Å²) in [6, 6.07) is 10.2. The molecule has 0 spiro atoms. The van der Waals surface area contributed by atoms with E-state index in [9.17, 15) is 20.1 Å². The molecule has 2 aromatic rings. The largest absolute Gasteiger partial charge is 0.466 e. The first-order valence-electron chi connectivity index (χ1n) is 12.3. The Kier molecular flexibility index (Phi) is 10.6. The van der Waals surface area contributed by atoms with Crippen molar-refractivity contribution in [3.63, 3.8) is 0 Å². The Balaban J connectivity index is 1.38. The van der Waals surface area contributed by atoms with E-state index in [4.69, 9.17) is 9.84 Å². The van der Waals surface area contributed by atoms with Gasteiger partial charge in [-0.15, -0.1) is 11.3 Å². The molecule has 1 fully saturated rings. The highest BCUT2D eigenvalue weighted by Crippen LogP contribution is 2.41. The summed E-state index contributed by atoms with van der Waals surface area (Å²) in [5, 5.41) is 41.6. The van der Waals surface area contributed by atoms with Crippen molar-refractivity contribution in [2.24, 2.45) is 11.8 Å². The van der Waals surface area contributed by atoms with E-state index in [1.807, 2.05) is 18.2 Å². The molecule has 1 aliphatic rings. The highest BCUT2D eigenvalue weighted by molar-refractivity contribution is 7.19. The standard InChI is InChI=1S/C26H38O6S/c27-14-7-15-32-26(31)11-4-2-1-3-9-19-20(23(30)17-22(19)29)12-13-21(28)25-16-18-8-5-6-10-24(18)33-25/h5-6,8,10,16,19-23,27-30H,1-4,7,9,11-15,17H2/t19-,20-,21-,22+,23-/m1/s1. The van der Waals surface area contributed by atoms with E-state index >= 15 is 0 Å². The van der Waals surface area contributed by atoms with Gasteiger partial charge in [0, 0.05) is 29.0 Å². The summed E-state index contributed by atoms with van der Waals surface area (Å²) >= 11 is 1.61. The zero-order valence-electron chi connectivity index (χ0n) is 19.3. The molecule has 0 aliphatic heterocycles. The molecule has 184 valence electrons. The summed E-state index contributed by atoms with van der Waals surface area (Å²) in [7, 11) is 0. The second kappa shape index (κ2) is 13.4. The van der Waals surface area contributed by atoms with Crippen LogP contribution in [0.25, 0.3) is 10.1 Å². The number of esters is 1. The van der Waals surface area contributed by atoms with E-state index in [-0.39, 0.29) is 31.0 Å². The number of aliphatic hydroxyl groups is 4. The van der Waals surface area contributed by atoms with E-state index < -0.39 is 18.3 Å². The van der Waals surface area contributed by atoms with E-state index in [1.165, 1.54) is 4.70 Å². The monoisotopic (exact) mass is 478 g/mol. The van der Waals surface area contributed by atoms with Crippen molar-refractivity contribution in [3.8, 4) is 0 Å². The van der Waals surface area contributed by atoms with Crippen molar-refractivity contribution in [1.29, 1.82) is 0 Å². The van der Waals surface area contributed by atoms with Gasteiger partial charge in [0.15, 0.2) is 0 Å². The van der Waals surface area contributed by atoms with Gasteiger partial charge in [0.1, 0.15) is 0 Å². The smallest absolute Gasteiger partial charge is 0.305 e. The third-order valence-corrected chi connectivity index (χ3v) is 8.02. The minimum absolute atomic E-state index is 0.00512. The minimum Gasteiger partial charge on any atom is -0.466 e. The molecule has 0 bridgehead atoms. The van der Waals surface area contributed by atoms with Gasteiger partial charge >= 0.3 is 5.97 Å². The van der Waals surface area contributed by atoms with Crippen LogP contribution in [0.4, 0.5) is 0 Å². The van der Waals surface area contributed by atoms with Gasteiger partial charge in [-0.25, -0.2) is 0 Å². The Morgan fingerprint density at radius 1 is 1.03 bits per heavy atom. The second-order valence-corrected chi connectivity index (χ2v) is 10.3. The molecular formula is C26H38O6S. The van der Waals surface area contributed by atoms with Crippen LogP contribution in [0.5, 0.6) is 0 Å². The second-order valence-electron chi connectivity index (χ2n) is 9.23. The Labute approximate surface area is 200 Å². The number of carbonyl (C=O) groups excluding carboxylic acids is 1. The maximum absolute atomic E-state index is 11.6. The van der Waals surface area contributed by atoms with Gasteiger partial charge in [-0.2, -0.15) is 0 Å². The molecule has 4 N–H and O–H groups in total. The summed E-state index contributed by atoms with van der Waals surface area (Å²) in [5.41, 5.74) is 0. The lowest BCUT2D eigenvalue weighted by molar-refractivity contribution is -0.144. The normalized spacial score (nSPS) is 23.8. The minimum atomic E-state index is -0.551. The SMILES string of the molecule is O=C(CCCCCC[C@@H]1[C@@H](CC[C@@H](O)c2cc3ccccc3s2)[C@H](O)C[C@@H]1O)OCCCO. The molecule has 1 heterocycles. The molecule has 33 heavy (non-hydrogen) atoms. The lowest BCUT2D eigenvalue weighted by Crippen LogP contribution is -2.23. The van der Waals surface area contributed by atoms with Crippen molar-refractivity contribution in [2.45, 2.75) is 82.5 Å². The number of unbranched alkanes of at least 4 members (excludes halogenated alkanes) is 3. The van der Waals surface area contributed by atoms with Gasteiger partial charge in [0.2, 0.25) is 0 Å². The number of fused-ring (bicyclic) bond motifs is 1. The topological polar surface area (TPSA) is 107 Å². The van der Waals surface area contributed by atoms with Crippen molar-refractivity contribution < 1.29 is 30.0 Å². The van der Waals surface area contributed by atoms with Crippen molar-refractivity contribution in [2.75, 3.05) is 13.2 Å². The molecule has 1 aromatic carbocycles. The van der Waals surface area contributed by atoms with Crippen molar-refractivity contribution in [1.82, 2.24) is 0 Å². The van der Waals surface area contributed by atoms with Gasteiger partial charge in [-0.05, 0) is 61.5 Å². The van der Waals surface area contributed by atoms with E-state index in [1.54, 1.807) is 11.3 Å². The van der Waals surface area contributed by atoms with E-state index in [0.717, 1.165) is 42.4 Å². The summed E-state index contributed by atoms with van der Waals surface area (Å²) in [6.07, 6.45) is 5.47. The molecule has 0 radical (unpaired) electrons. The summed E-state index contributed by atoms with van der Waals surface area (Å²) < 4.78 is 6.19. The number of thiophene rings is 1. The molecular weight excluding hydrogens is 440 g/mol. The number of hydrogen-bond acceptors (Lipinski definition) is 7. The Bertz CT molecular complexity index is 819. The Morgan fingerprint density at radius 3 is 2.52 bits per heavy atom. The van der Waals surface area contributed by atoms with Crippen molar-refractivity contribution in [3.05, 3.63) is 35.2 Å². The molecule has 1 aliphatic carbocycles. The zero-order valence-corrected chi connectivity index (χ0v) is 20.1. The van der Waals surface area contributed by atoms with Crippen LogP contribution in [-0.2, 0) is 9.53 Å². The number of carbonyl (C=O) groups is 1. The Morgan fingerprint density at radius 2 is 1.76 bits per heavy atom. The molecule has 7 heteroatoms. The first-order chi connectivity index (χ1) is 16.0. The highest BCUT2D eigenvalue weighted by atomic mass is 32.1. The van der Waals surface area contributed by atoms with Crippen LogP contribution in [0.2, 0.25) is 0 Å². The van der Waals surface area contributed by atoms with Gasteiger partial charge in [0.25, 0.3) is 0 Å². The fourth-order valence-electron chi connectivity index (χ4n) is 4.97. The lowest BCUT2D eigenvalue weighted by atomic mass is 9.84. The number of hydrogen-bond donors (Lipinski definition) is 4. The average molecular weight is 479 g/mol. The maximum atomic E-state index is 11.6. The van der Waals surface area contributed by atoms with E-state index in [0.29, 0.717) is 32.1 Å². The number of aliphatic hydroxyl groups excluding tert-OH is 4. The van der Waals surface area contributed by atoms with Crippen LogP contribution in [-0.4, -0.2) is 51.8 Å². The fraction of sp³-hybridized carbons (Fsp3) is 0.654. The van der Waals surface area contributed by atoms with Crippen LogP contribution < -0.4 is 0 Å². The molecule has 1 saturated carbocycles. The van der Waals surface area contributed by atoms with Crippen LogP contribution in [0.3, 0.4) is 0 Å². The lowest BCUT2D eigenvalue weighted by Gasteiger charge is -2.24. The number of rotatable bonds is 14. The molecule has 0 amide bonds. The first-order valence-corrected chi connectivity index (χ1v) is 13.1. The molecule has 1 aromatic heterocycles. The molecule has 5 atom stereocenters. The van der Waals surface area contributed by atoms with Gasteiger partial charge < -0.3 is 25.2 Å². The molecule has 3 rings (SSSR count). The Hall–Kier alpha value is -1.51. The third-order valence-electron chi connectivity index (χ3n) is 6.80.